The van der Waals surface area contributed by atoms with Crippen LogP contribution in [0.1, 0.15) is 44.9 Å². The van der Waals surface area contributed by atoms with Gasteiger partial charge in [0.25, 0.3) is 0 Å². The number of nitrogens with zero attached hydrogens (tertiary/aromatic N) is 2. The SMILES string of the molecule is Cc1ccc(C2CN(c3ccc(C)cc3C)NN(c3ccc(C)cc3C)C2)c(C)c1. The van der Waals surface area contributed by atoms with E-state index in [9.17, 15) is 0 Å². The van der Waals surface area contributed by atoms with Crippen LogP contribution in [0.4, 0.5) is 11.4 Å². The van der Waals surface area contributed by atoms with Crippen LogP contribution in [0.25, 0.3) is 0 Å². The smallest absolute Gasteiger partial charge is 0.0567 e. The van der Waals surface area contributed by atoms with Crippen LogP contribution in [0.2, 0.25) is 0 Å². The van der Waals surface area contributed by atoms with E-state index in [1.165, 1.54) is 50.3 Å². The summed E-state index contributed by atoms with van der Waals surface area (Å²) in [6.45, 7) is 15.0. The van der Waals surface area contributed by atoms with Gasteiger partial charge in [-0.2, -0.15) is 0 Å². The van der Waals surface area contributed by atoms with Gasteiger partial charge in [-0.05, 0) is 75.9 Å². The monoisotopic (exact) mass is 399 g/mol. The number of anilines is 2. The van der Waals surface area contributed by atoms with Crippen molar-refractivity contribution in [1.29, 1.82) is 0 Å². The van der Waals surface area contributed by atoms with Crippen molar-refractivity contribution in [3.8, 4) is 0 Å². The van der Waals surface area contributed by atoms with Crippen molar-refractivity contribution in [2.24, 2.45) is 0 Å². The van der Waals surface area contributed by atoms with E-state index in [2.05, 4.69) is 112 Å². The molecule has 1 saturated heterocycles. The number of rotatable bonds is 3. The number of hydrogen-bond acceptors (Lipinski definition) is 3. The van der Waals surface area contributed by atoms with Crippen LogP contribution in [0.15, 0.2) is 54.6 Å². The molecule has 1 fully saturated rings. The summed E-state index contributed by atoms with van der Waals surface area (Å²) in [6, 6.07) is 20.3. The van der Waals surface area contributed by atoms with Gasteiger partial charge >= 0.3 is 0 Å². The molecule has 1 aliphatic heterocycles. The molecule has 30 heavy (non-hydrogen) atoms. The zero-order valence-corrected chi connectivity index (χ0v) is 19.1. The molecule has 156 valence electrons. The molecule has 0 bridgehead atoms. The van der Waals surface area contributed by atoms with Gasteiger partial charge in [-0.1, -0.05) is 59.2 Å². The zero-order chi connectivity index (χ0) is 21.4. The van der Waals surface area contributed by atoms with Crippen LogP contribution in [0, 0.1) is 41.5 Å². The first kappa shape index (κ1) is 20.5. The maximum absolute atomic E-state index is 3.70. The summed E-state index contributed by atoms with van der Waals surface area (Å²) in [5.41, 5.74) is 15.5. The molecule has 0 aliphatic carbocycles. The van der Waals surface area contributed by atoms with Gasteiger partial charge in [-0.3, -0.25) is 10.0 Å². The van der Waals surface area contributed by atoms with E-state index < -0.39 is 0 Å². The van der Waals surface area contributed by atoms with Gasteiger partial charge in [0.05, 0.1) is 11.4 Å². The Kier molecular flexibility index (Phi) is 5.57. The molecule has 0 atom stereocenters. The van der Waals surface area contributed by atoms with Gasteiger partial charge in [0.1, 0.15) is 0 Å². The minimum Gasteiger partial charge on any atom is -0.290 e. The van der Waals surface area contributed by atoms with Crippen molar-refractivity contribution in [2.45, 2.75) is 47.5 Å². The van der Waals surface area contributed by atoms with Gasteiger partial charge in [0, 0.05) is 19.0 Å². The highest BCUT2D eigenvalue weighted by molar-refractivity contribution is 5.59. The Morgan fingerprint density at radius 1 is 0.600 bits per heavy atom. The van der Waals surface area contributed by atoms with Gasteiger partial charge in [-0.25, -0.2) is 0 Å². The number of aryl methyl sites for hydroxylation is 6. The maximum atomic E-state index is 3.70. The molecule has 0 aromatic heterocycles. The average molecular weight is 400 g/mol. The van der Waals surface area contributed by atoms with Crippen molar-refractivity contribution in [3.05, 3.63) is 93.5 Å². The average Bonchev–Trinajstić information content (AvgIpc) is 2.67. The fourth-order valence-corrected chi connectivity index (χ4v) is 4.73. The molecule has 1 aliphatic rings. The lowest BCUT2D eigenvalue weighted by Gasteiger charge is -2.44. The summed E-state index contributed by atoms with van der Waals surface area (Å²) < 4.78 is 0. The van der Waals surface area contributed by atoms with E-state index in [0.717, 1.165) is 13.1 Å². The molecule has 0 unspecified atom stereocenters. The Morgan fingerprint density at radius 3 is 1.47 bits per heavy atom. The van der Waals surface area contributed by atoms with Crippen molar-refractivity contribution < 1.29 is 0 Å². The fraction of sp³-hybridized carbons (Fsp3) is 0.333. The minimum atomic E-state index is 0.410. The van der Waals surface area contributed by atoms with Gasteiger partial charge in [0.15, 0.2) is 0 Å². The lowest BCUT2D eigenvalue weighted by atomic mass is 9.92. The van der Waals surface area contributed by atoms with Crippen LogP contribution in [0.3, 0.4) is 0 Å². The standard InChI is InChI=1S/C27H33N3/c1-18-7-10-25(21(4)13-18)24-16-29(26-11-8-19(2)14-22(26)5)28-30(17-24)27-12-9-20(3)15-23(27)6/h7-15,24,28H,16-17H2,1-6H3. The Balaban J connectivity index is 1.75. The number of benzene rings is 3. The molecule has 1 heterocycles. The minimum absolute atomic E-state index is 0.410. The molecular formula is C27H33N3. The lowest BCUT2D eigenvalue weighted by Crippen LogP contribution is -2.59. The number of nitrogens with one attached hydrogen (secondary N) is 1. The van der Waals surface area contributed by atoms with Crippen molar-refractivity contribution in [2.75, 3.05) is 23.1 Å². The molecule has 0 radical (unpaired) electrons. The molecule has 0 amide bonds. The third-order valence-corrected chi connectivity index (χ3v) is 6.20. The first-order valence-electron chi connectivity index (χ1n) is 10.8. The molecular weight excluding hydrogens is 366 g/mol. The Labute approximate surface area is 181 Å². The van der Waals surface area contributed by atoms with E-state index in [-0.39, 0.29) is 0 Å². The molecule has 0 saturated carbocycles. The van der Waals surface area contributed by atoms with Crippen LogP contribution >= 0.6 is 0 Å². The predicted molar refractivity (Wildman–Crippen MR) is 128 cm³/mol. The Bertz CT molecular complexity index is 927. The first-order valence-corrected chi connectivity index (χ1v) is 10.8. The highest BCUT2D eigenvalue weighted by Crippen LogP contribution is 2.32. The lowest BCUT2D eigenvalue weighted by molar-refractivity contribution is 0.455. The summed E-state index contributed by atoms with van der Waals surface area (Å²) in [4.78, 5) is 0. The van der Waals surface area contributed by atoms with E-state index in [1.807, 2.05) is 0 Å². The number of hydrogen-bond donors (Lipinski definition) is 1. The van der Waals surface area contributed by atoms with Crippen molar-refractivity contribution in [3.63, 3.8) is 0 Å². The molecule has 0 spiro atoms. The van der Waals surface area contributed by atoms with Crippen molar-refractivity contribution in [1.82, 2.24) is 5.53 Å². The quantitative estimate of drug-likeness (QED) is 0.577. The molecule has 1 N–H and O–H groups in total. The summed E-state index contributed by atoms with van der Waals surface area (Å²) in [7, 11) is 0. The highest BCUT2D eigenvalue weighted by atomic mass is 15.8. The Hall–Kier alpha value is -2.78. The molecule has 3 aromatic rings. The van der Waals surface area contributed by atoms with E-state index in [0.29, 0.717) is 5.92 Å². The van der Waals surface area contributed by atoms with Crippen LogP contribution < -0.4 is 15.6 Å². The molecule has 3 nitrogen and oxygen atoms in total. The summed E-state index contributed by atoms with van der Waals surface area (Å²) >= 11 is 0. The largest absolute Gasteiger partial charge is 0.290 e. The second-order valence-electron chi connectivity index (χ2n) is 8.96. The topological polar surface area (TPSA) is 18.5 Å². The zero-order valence-electron chi connectivity index (χ0n) is 19.1. The second kappa shape index (κ2) is 8.16. The van der Waals surface area contributed by atoms with Gasteiger partial charge in [-0.15, -0.1) is 5.53 Å². The molecule has 4 rings (SSSR count). The van der Waals surface area contributed by atoms with Crippen LogP contribution in [-0.4, -0.2) is 13.1 Å². The fourth-order valence-electron chi connectivity index (χ4n) is 4.73. The second-order valence-corrected chi connectivity index (χ2v) is 8.96. The number of hydrazine groups is 2. The summed E-state index contributed by atoms with van der Waals surface area (Å²) in [5, 5.41) is 4.64. The first-order chi connectivity index (χ1) is 14.3. The van der Waals surface area contributed by atoms with Crippen LogP contribution in [0.5, 0.6) is 0 Å². The van der Waals surface area contributed by atoms with Gasteiger partial charge in [0.2, 0.25) is 0 Å². The maximum Gasteiger partial charge on any atom is 0.0567 e. The third-order valence-electron chi connectivity index (χ3n) is 6.20. The third kappa shape index (κ3) is 4.08. The normalized spacial score (nSPS) is 15.0. The van der Waals surface area contributed by atoms with E-state index in [4.69, 9.17) is 0 Å². The summed E-state index contributed by atoms with van der Waals surface area (Å²) in [5.74, 6) is 0.410. The Morgan fingerprint density at radius 2 is 1.03 bits per heavy atom. The van der Waals surface area contributed by atoms with Crippen LogP contribution in [-0.2, 0) is 0 Å². The van der Waals surface area contributed by atoms with E-state index in [1.54, 1.807) is 0 Å². The molecule has 3 heteroatoms. The molecule has 3 aromatic carbocycles. The van der Waals surface area contributed by atoms with Crippen molar-refractivity contribution >= 4 is 11.4 Å². The summed E-state index contributed by atoms with van der Waals surface area (Å²) in [6.07, 6.45) is 0. The predicted octanol–water partition coefficient (Wildman–Crippen LogP) is 6.07. The highest BCUT2D eigenvalue weighted by Gasteiger charge is 2.29. The van der Waals surface area contributed by atoms with E-state index >= 15 is 0 Å². The van der Waals surface area contributed by atoms with Gasteiger partial charge < -0.3 is 0 Å².